The third-order valence-electron chi connectivity index (χ3n) is 2.71. The molecule has 0 radical (unpaired) electrons. The average molecular weight is 245 g/mol. The van der Waals surface area contributed by atoms with Gasteiger partial charge in [-0.3, -0.25) is 0 Å². The van der Waals surface area contributed by atoms with Crippen LogP contribution >= 0.6 is 0 Å². The van der Waals surface area contributed by atoms with Crippen LogP contribution in [0, 0.1) is 6.92 Å². The molecule has 0 bridgehead atoms. The molecule has 4 nitrogen and oxygen atoms in total. The first-order valence-corrected chi connectivity index (χ1v) is 6.04. The number of hydrogen-bond acceptors (Lipinski definition) is 4. The van der Waals surface area contributed by atoms with Crippen LogP contribution in [0.4, 0.5) is 5.82 Å². The number of hydrogen-bond donors (Lipinski definition) is 1. The molecule has 2 rings (SSSR count). The van der Waals surface area contributed by atoms with E-state index in [-0.39, 0.29) is 0 Å². The summed E-state index contributed by atoms with van der Waals surface area (Å²) in [5.74, 6) is 0.816. The number of aliphatic hydroxyl groups is 1. The van der Waals surface area contributed by atoms with E-state index in [1.54, 1.807) is 13.8 Å². The fourth-order valence-corrected chi connectivity index (χ4v) is 2.10. The van der Waals surface area contributed by atoms with Gasteiger partial charge in [-0.05, 0) is 32.9 Å². The van der Waals surface area contributed by atoms with E-state index < -0.39 is 5.60 Å². The van der Waals surface area contributed by atoms with Gasteiger partial charge in [-0.1, -0.05) is 12.1 Å². The summed E-state index contributed by atoms with van der Waals surface area (Å²) in [5.41, 5.74) is 1.89. The Balaban J connectivity index is 2.41. The largest absolute Gasteiger partial charge is 0.389 e. The van der Waals surface area contributed by atoms with Gasteiger partial charge in [0.2, 0.25) is 0 Å². The highest BCUT2D eigenvalue weighted by Gasteiger charge is 2.18. The Morgan fingerprint density at radius 3 is 2.28 bits per heavy atom. The molecule has 18 heavy (non-hydrogen) atoms. The first-order valence-electron chi connectivity index (χ1n) is 6.04. The average Bonchev–Trinajstić information content (AvgIpc) is 2.25. The van der Waals surface area contributed by atoms with E-state index >= 15 is 0 Å². The number of rotatable bonds is 3. The number of aryl methyl sites for hydroxylation is 1. The van der Waals surface area contributed by atoms with Crippen LogP contribution in [0.15, 0.2) is 24.3 Å². The fourth-order valence-electron chi connectivity index (χ4n) is 2.10. The third kappa shape index (κ3) is 2.76. The third-order valence-corrected chi connectivity index (χ3v) is 2.71. The lowest BCUT2D eigenvalue weighted by molar-refractivity contribution is 0.0884. The number of para-hydroxylation sites is 2. The first kappa shape index (κ1) is 12.8. The molecule has 1 N–H and O–H groups in total. The van der Waals surface area contributed by atoms with Gasteiger partial charge in [0.25, 0.3) is 0 Å². The van der Waals surface area contributed by atoms with Crippen LogP contribution in [-0.2, 0) is 0 Å². The summed E-state index contributed by atoms with van der Waals surface area (Å²) < 4.78 is 0. The van der Waals surface area contributed by atoms with E-state index in [1.807, 2.05) is 43.1 Å². The summed E-state index contributed by atoms with van der Waals surface area (Å²) in [4.78, 5) is 11.1. The Labute approximate surface area is 107 Å². The van der Waals surface area contributed by atoms with Crippen LogP contribution in [0.5, 0.6) is 0 Å². The Morgan fingerprint density at radius 1 is 1.17 bits per heavy atom. The van der Waals surface area contributed by atoms with Crippen molar-refractivity contribution in [3.05, 3.63) is 30.0 Å². The molecule has 0 aliphatic heterocycles. The predicted octanol–water partition coefficient (Wildman–Crippen LogP) is 2.15. The molecular formula is C14H19N3O. The van der Waals surface area contributed by atoms with E-state index in [0.29, 0.717) is 6.54 Å². The van der Waals surface area contributed by atoms with Gasteiger partial charge in [-0.15, -0.1) is 0 Å². The zero-order chi connectivity index (χ0) is 13.3. The molecule has 0 aliphatic carbocycles. The maximum atomic E-state index is 9.86. The van der Waals surface area contributed by atoms with Crippen molar-refractivity contribution < 1.29 is 5.11 Å². The molecule has 0 aliphatic rings. The molecule has 96 valence electrons. The smallest absolute Gasteiger partial charge is 0.150 e. The topological polar surface area (TPSA) is 49.2 Å². The summed E-state index contributed by atoms with van der Waals surface area (Å²) in [6.45, 7) is 6.02. The predicted molar refractivity (Wildman–Crippen MR) is 73.8 cm³/mol. The van der Waals surface area contributed by atoms with Crippen molar-refractivity contribution in [3.8, 4) is 0 Å². The van der Waals surface area contributed by atoms with Crippen molar-refractivity contribution >= 4 is 16.9 Å². The number of aromatic nitrogens is 2. The Kier molecular flexibility index (Phi) is 3.22. The van der Waals surface area contributed by atoms with Crippen LogP contribution in [0.3, 0.4) is 0 Å². The molecule has 1 aromatic heterocycles. The molecule has 0 amide bonds. The van der Waals surface area contributed by atoms with E-state index in [9.17, 15) is 5.11 Å². The number of anilines is 1. The van der Waals surface area contributed by atoms with E-state index in [1.165, 1.54) is 0 Å². The monoisotopic (exact) mass is 245 g/mol. The minimum absolute atomic E-state index is 0.515. The molecule has 1 aromatic carbocycles. The first-order chi connectivity index (χ1) is 8.37. The van der Waals surface area contributed by atoms with Gasteiger partial charge in [-0.25, -0.2) is 9.97 Å². The number of likely N-dealkylation sites (N-methyl/N-ethyl adjacent to an activating group) is 1. The fraction of sp³-hybridized carbons (Fsp3) is 0.429. The minimum Gasteiger partial charge on any atom is -0.389 e. The van der Waals surface area contributed by atoms with Crippen LogP contribution in [0.25, 0.3) is 11.0 Å². The van der Waals surface area contributed by atoms with Crippen LogP contribution in [-0.4, -0.2) is 34.3 Å². The highest BCUT2D eigenvalue weighted by atomic mass is 16.3. The molecule has 0 unspecified atom stereocenters. The van der Waals surface area contributed by atoms with Gasteiger partial charge < -0.3 is 10.0 Å². The van der Waals surface area contributed by atoms with Crippen molar-refractivity contribution in [3.63, 3.8) is 0 Å². The zero-order valence-corrected chi connectivity index (χ0v) is 11.3. The van der Waals surface area contributed by atoms with E-state index in [0.717, 1.165) is 22.5 Å². The van der Waals surface area contributed by atoms with Crippen LogP contribution in [0.2, 0.25) is 0 Å². The van der Waals surface area contributed by atoms with E-state index in [2.05, 4.69) is 9.97 Å². The highest BCUT2D eigenvalue weighted by molar-refractivity contribution is 5.76. The SMILES string of the molecule is Cc1nc2ccccc2nc1N(C)CC(C)(C)O. The van der Waals surface area contributed by atoms with Gasteiger partial charge in [0.05, 0.1) is 22.3 Å². The van der Waals surface area contributed by atoms with Crippen molar-refractivity contribution in [2.75, 3.05) is 18.5 Å². The van der Waals surface area contributed by atoms with Crippen LogP contribution in [0.1, 0.15) is 19.5 Å². The molecule has 0 atom stereocenters. The van der Waals surface area contributed by atoms with Gasteiger partial charge >= 0.3 is 0 Å². The van der Waals surface area contributed by atoms with Gasteiger partial charge in [0, 0.05) is 13.6 Å². The summed E-state index contributed by atoms with van der Waals surface area (Å²) in [6.07, 6.45) is 0. The molecular weight excluding hydrogens is 226 g/mol. The lowest BCUT2D eigenvalue weighted by Crippen LogP contribution is -2.37. The quantitative estimate of drug-likeness (QED) is 0.900. The summed E-state index contributed by atoms with van der Waals surface area (Å²) in [5, 5.41) is 9.86. The Bertz CT molecular complexity index is 560. The van der Waals surface area contributed by atoms with Crippen molar-refractivity contribution in [2.24, 2.45) is 0 Å². The minimum atomic E-state index is -0.755. The zero-order valence-electron chi connectivity index (χ0n) is 11.3. The molecule has 0 fully saturated rings. The molecule has 2 aromatic rings. The number of fused-ring (bicyclic) bond motifs is 1. The summed E-state index contributed by atoms with van der Waals surface area (Å²) in [7, 11) is 1.92. The van der Waals surface area contributed by atoms with Crippen molar-refractivity contribution in [2.45, 2.75) is 26.4 Å². The lowest BCUT2D eigenvalue weighted by atomic mass is 10.1. The second-order valence-electron chi connectivity index (χ2n) is 5.29. The summed E-state index contributed by atoms with van der Waals surface area (Å²) in [6, 6.07) is 7.81. The summed E-state index contributed by atoms with van der Waals surface area (Å²) >= 11 is 0. The van der Waals surface area contributed by atoms with Crippen molar-refractivity contribution in [1.29, 1.82) is 0 Å². The van der Waals surface area contributed by atoms with E-state index in [4.69, 9.17) is 0 Å². The van der Waals surface area contributed by atoms with Gasteiger partial charge in [0.1, 0.15) is 0 Å². The normalized spacial score (nSPS) is 11.8. The maximum absolute atomic E-state index is 9.86. The lowest BCUT2D eigenvalue weighted by Gasteiger charge is -2.27. The van der Waals surface area contributed by atoms with Crippen molar-refractivity contribution in [1.82, 2.24) is 9.97 Å². The van der Waals surface area contributed by atoms with Crippen LogP contribution < -0.4 is 4.90 Å². The van der Waals surface area contributed by atoms with Gasteiger partial charge in [0.15, 0.2) is 5.82 Å². The van der Waals surface area contributed by atoms with Gasteiger partial charge in [-0.2, -0.15) is 0 Å². The Hall–Kier alpha value is -1.68. The molecule has 0 saturated carbocycles. The Morgan fingerprint density at radius 2 is 1.72 bits per heavy atom. The number of nitrogens with zero attached hydrogens (tertiary/aromatic N) is 3. The molecule has 0 spiro atoms. The number of benzene rings is 1. The maximum Gasteiger partial charge on any atom is 0.150 e. The standard InChI is InChI=1S/C14H19N3O/c1-10-13(17(4)9-14(2,3)18)16-12-8-6-5-7-11(12)15-10/h5-8,18H,9H2,1-4H3. The molecule has 4 heteroatoms. The molecule has 0 saturated heterocycles. The second kappa shape index (κ2) is 4.53. The molecule has 1 heterocycles. The second-order valence-corrected chi connectivity index (χ2v) is 5.29. The highest BCUT2D eigenvalue weighted by Crippen LogP contribution is 2.20.